The molecule has 2 aliphatic heterocycles. The molecule has 7 atom stereocenters. The van der Waals surface area contributed by atoms with Crippen molar-refractivity contribution in [3.8, 4) is 0 Å². The summed E-state index contributed by atoms with van der Waals surface area (Å²) in [5, 5.41) is 32.2. The zero-order chi connectivity index (χ0) is 19.7. The minimum atomic E-state index is -1.40. The van der Waals surface area contributed by atoms with Crippen LogP contribution in [0.3, 0.4) is 0 Å². The molecule has 1 fully saturated rings. The molecule has 1 saturated heterocycles. The number of ether oxygens (including phenoxy) is 3. The lowest BCUT2D eigenvalue weighted by Gasteiger charge is -2.42. The van der Waals surface area contributed by atoms with Gasteiger partial charge < -0.3 is 34.8 Å². The van der Waals surface area contributed by atoms with Crippen LogP contribution in [-0.4, -0.2) is 70.6 Å². The number of rotatable bonds is 4. The Morgan fingerprint density at radius 2 is 2.07 bits per heavy atom. The van der Waals surface area contributed by atoms with Crippen LogP contribution in [0.1, 0.15) is 13.8 Å². The molecule has 0 spiro atoms. The lowest BCUT2D eigenvalue weighted by atomic mass is 9.88. The topological polar surface area (TPSA) is 135 Å². The molecule has 0 unspecified atom stereocenters. The molecule has 1 amide bonds. The Balaban J connectivity index is 1.78. The van der Waals surface area contributed by atoms with Crippen LogP contribution in [0, 0.1) is 5.92 Å². The van der Waals surface area contributed by atoms with Gasteiger partial charge in [-0.2, -0.15) is 0 Å². The van der Waals surface area contributed by atoms with E-state index in [1.54, 1.807) is 12.2 Å². The minimum absolute atomic E-state index is 0.0916. The maximum absolute atomic E-state index is 11.6. The zero-order valence-electron chi connectivity index (χ0n) is 14.9. The summed E-state index contributed by atoms with van der Waals surface area (Å²) in [6.07, 6.45) is 0.990. The van der Waals surface area contributed by atoms with Gasteiger partial charge in [-0.1, -0.05) is 11.6 Å². The molecule has 9 nitrogen and oxygen atoms in total. The molecule has 0 bridgehead atoms. The Morgan fingerprint density at radius 3 is 2.74 bits per heavy atom. The molecule has 0 aromatic heterocycles. The summed E-state index contributed by atoms with van der Waals surface area (Å²) in [5.41, 5.74) is 0.867. The number of nitrogens with one attached hydrogen (secondary N) is 1. The van der Waals surface area contributed by atoms with Gasteiger partial charge in [0.05, 0.1) is 6.61 Å². The van der Waals surface area contributed by atoms with E-state index in [1.807, 2.05) is 13.0 Å². The summed E-state index contributed by atoms with van der Waals surface area (Å²) in [4.78, 5) is 23.1. The average Bonchev–Trinajstić information content (AvgIpc) is 2.60. The fourth-order valence-corrected chi connectivity index (χ4v) is 3.38. The Bertz CT molecular complexity index is 699. The van der Waals surface area contributed by atoms with Crippen molar-refractivity contribution in [2.24, 2.45) is 5.92 Å². The van der Waals surface area contributed by atoms with Crippen LogP contribution in [0.25, 0.3) is 0 Å². The van der Waals surface area contributed by atoms with Gasteiger partial charge in [0, 0.05) is 18.9 Å². The third-order valence-electron chi connectivity index (χ3n) is 4.78. The molecule has 0 aromatic carbocycles. The molecule has 3 rings (SSSR count). The zero-order valence-corrected chi connectivity index (χ0v) is 14.9. The first-order valence-corrected chi connectivity index (χ1v) is 8.65. The fourth-order valence-electron chi connectivity index (χ4n) is 3.38. The van der Waals surface area contributed by atoms with Crippen LogP contribution >= 0.6 is 0 Å². The van der Waals surface area contributed by atoms with Gasteiger partial charge in [0.1, 0.15) is 36.2 Å². The summed E-state index contributed by atoms with van der Waals surface area (Å²) >= 11 is 0. The molecule has 0 radical (unpaired) electrons. The van der Waals surface area contributed by atoms with E-state index >= 15 is 0 Å². The predicted octanol–water partition coefficient (Wildman–Crippen LogP) is -1.11. The molecule has 0 aromatic rings. The number of allylic oxidation sites excluding steroid dienone is 1. The quantitative estimate of drug-likeness (QED) is 0.450. The highest BCUT2D eigenvalue weighted by Gasteiger charge is 2.46. The second-order valence-corrected chi connectivity index (χ2v) is 6.79. The van der Waals surface area contributed by atoms with E-state index in [4.69, 9.17) is 14.2 Å². The Labute approximate surface area is 155 Å². The van der Waals surface area contributed by atoms with Crippen LogP contribution in [0.4, 0.5) is 0 Å². The summed E-state index contributed by atoms with van der Waals surface area (Å²) < 4.78 is 16.6. The smallest absolute Gasteiger partial charge is 0.331 e. The maximum atomic E-state index is 11.6. The molecular weight excluding hydrogens is 358 g/mol. The van der Waals surface area contributed by atoms with Crippen molar-refractivity contribution in [2.45, 2.75) is 50.6 Å². The fraction of sp³-hybridized carbons (Fsp3) is 0.556. The molecule has 1 aliphatic carbocycles. The normalized spacial score (nSPS) is 38.3. The number of hydrogen-bond acceptors (Lipinski definition) is 8. The largest absolute Gasteiger partial charge is 0.463 e. The Hall–Kier alpha value is -2.20. The summed E-state index contributed by atoms with van der Waals surface area (Å²) in [6.45, 7) is 2.56. The van der Waals surface area contributed by atoms with Crippen molar-refractivity contribution in [3.63, 3.8) is 0 Å². The van der Waals surface area contributed by atoms with E-state index in [0.717, 1.165) is 5.57 Å². The van der Waals surface area contributed by atoms with E-state index < -0.39 is 55.2 Å². The van der Waals surface area contributed by atoms with Crippen molar-refractivity contribution < 1.29 is 39.1 Å². The van der Waals surface area contributed by atoms with Crippen molar-refractivity contribution in [1.29, 1.82) is 0 Å². The van der Waals surface area contributed by atoms with Gasteiger partial charge in [-0.15, -0.1) is 0 Å². The summed E-state index contributed by atoms with van der Waals surface area (Å²) in [7, 11) is 0. The van der Waals surface area contributed by atoms with Gasteiger partial charge in [-0.25, -0.2) is 4.79 Å². The standard InChI is InChI=1S/C18H23NO8/c1-8-5-14(22)26-12-6-10(3-4-11(8)12)25-18-15(19-9(2)21)17(24)16(23)13(7-20)27-18/h3-6,11-13,15-18,20,23-24H,7H2,1-2H3,(H,19,21)/t11-,12-,13+,15-,16-,17+,18+/m0/s1. The van der Waals surface area contributed by atoms with Crippen molar-refractivity contribution in [3.05, 3.63) is 35.6 Å². The SMILES string of the molecule is CC(=O)N[C@@H]1[C@H](OC2=C[C@@H]3OC(=O)C=C(C)[C@@H]3C=C2)O[C@H](CO)[C@H](O)[C@@H]1O. The number of hydrogen-bond donors (Lipinski definition) is 4. The van der Waals surface area contributed by atoms with Crippen LogP contribution in [0.5, 0.6) is 0 Å². The van der Waals surface area contributed by atoms with E-state index in [-0.39, 0.29) is 5.92 Å². The van der Waals surface area contributed by atoms with Gasteiger partial charge in [0.25, 0.3) is 0 Å². The molecule has 9 heteroatoms. The van der Waals surface area contributed by atoms with Crippen LogP contribution < -0.4 is 5.32 Å². The maximum Gasteiger partial charge on any atom is 0.331 e. The summed E-state index contributed by atoms with van der Waals surface area (Å²) in [5.74, 6) is -0.657. The third kappa shape index (κ3) is 4.06. The molecular formula is C18H23NO8. The van der Waals surface area contributed by atoms with Crippen LogP contribution in [0.15, 0.2) is 35.6 Å². The molecule has 27 heavy (non-hydrogen) atoms. The highest BCUT2D eigenvalue weighted by atomic mass is 16.7. The highest BCUT2D eigenvalue weighted by Crippen LogP contribution is 2.32. The average molecular weight is 381 g/mol. The minimum Gasteiger partial charge on any atom is -0.463 e. The summed E-state index contributed by atoms with van der Waals surface area (Å²) in [6, 6.07) is -1.05. The molecule has 3 aliphatic rings. The van der Waals surface area contributed by atoms with Gasteiger partial charge in [0.2, 0.25) is 12.2 Å². The van der Waals surface area contributed by atoms with Gasteiger partial charge in [-0.05, 0) is 19.1 Å². The number of esters is 1. The molecule has 4 N–H and O–H groups in total. The molecule has 2 heterocycles. The van der Waals surface area contributed by atoms with Gasteiger partial charge in [0.15, 0.2) is 0 Å². The number of aliphatic hydroxyl groups is 3. The Morgan fingerprint density at radius 1 is 1.33 bits per heavy atom. The van der Waals surface area contributed by atoms with Crippen molar-refractivity contribution in [1.82, 2.24) is 5.32 Å². The number of carbonyl (C=O) groups excluding carboxylic acids is 2. The van der Waals surface area contributed by atoms with Crippen molar-refractivity contribution in [2.75, 3.05) is 6.61 Å². The van der Waals surface area contributed by atoms with E-state index in [9.17, 15) is 24.9 Å². The molecule has 0 saturated carbocycles. The van der Waals surface area contributed by atoms with Crippen LogP contribution in [-0.2, 0) is 23.8 Å². The second kappa shape index (κ2) is 7.81. The first-order chi connectivity index (χ1) is 12.8. The lowest BCUT2D eigenvalue weighted by molar-refractivity contribution is -0.258. The first-order valence-electron chi connectivity index (χ1n) is 8.65. The predicted molar refractivity (Wildman–Crippen MR) is 90.8 cm³/mol. The van der Waals surface area contributed by atoms with Crippen LogP contribution in [0.2, 0.25) is 0 Å². The molecule has 148 valence electrons. The monoisotopic (exact) mass is 381 g/mol. The lowest BCUT2D eigenvalue weighted by Crippen LogP contribution is -2.64. The van der Waals surface area contributed by atoms with Gasteiger partial charge >= 0.3 is 5.97 Å². The van der Waals surface area contributed by atoms with Crippen molar-refractivity contribution >= 4 is 11.9 Å². The number of carbonyl (C=O) groups is 2. The second-order valence-electron chi connectivity index (χ2n) is 6.79. The number of aliphatic hydroxyl groups excluding tert-OH is 3. The Kier molecular flexibility index (Phi) is 5.66. The van der Waals surface area contributed by atoms with E-state index in [1.165, 1.54) is 13.0 Å². The number of fused-ring (bicyclic) bond motifs is 1. The first kappa shape index (κ1) is 19.6. The highest BCUT2D eigenvalue weighted by molar-refractivity contribution is 5.84. The van der Waals surface area contributed by atoms with E-state index in [2.05, 4.69) is 5.32 Å². The third-order valence-corrected chi connectivity index (χ3v) is 4.78. The van der Waals surface area contributed by atoms with Gasteiger partial charge in [-0.3, -0.25) is 4.79 Å². The van der Waals surface area contributed by atoms with E-state index in [0.29, 0.717) is 5.76 Å². The number of amides is 1.